The molecule has 0 bridgehead atoms. The monoisotopic (exact) mass is 282 g/mol. The molecule has 0 atom stereocenters. The van der Waals surface area contributed by atoms with Gasteiger partial charge in [0.25, 0.3) is 0 Å². The molecule has 2 N–H and O–H groups in total. The summed E-state index contributed by atoms with van der Waals surface area (Å²) in [6, 6.07) is 17.0. The molecule has 0 fully saturated rings. The van der Waals surface area contributed by atoms with Crippen LogP contribution in [0.2, 0.25) is 5.02 Å². The minimum atomic E-state index is 0.189. The van der Waals surface area contributed by atoms with Crippen LogP contribution in [0.1, 0.15) is 0 Å². The number of aromatic nitrogens is 3. The van der Waals surface area contributed by atoms with Crippen LogP contribution in [0.4, 0.5) is 5.95 Å². The van der Waals surface area contributed by atoms with Gasteiger partial charge in [0, 0.05) is 16.1 Å². The Morgan fingerprint density at radius 3 is 2.10 bits per heavy atom. The highest BCUT2D eigenvalue weighted by Gasteiger charge is 2.08. The molecule has 0 radical (unpaired) electrons. The van der Waals surface area contributed by atoms with Gasteiger partial charge in [-0.1, -0.05) is 54.1 Å². The van der Waals surface area contributed by atoms with E-state index in [0.29, 0.717) is 16.7 Å². The third kappa shape index (κ3) is 2.60. The van der Waals surface area contributed by atoms with Gasteiger partial charge in [-0.05, 0) is 12.1 Å². The van der Waals surface area contributed by atoms with E-state index in [4.69, 9.17) is 17.3 Å². The molecule has 0 aliphatic rings. The van der Waals surface area contributed by atoms with Crippen LogP contribution in [0, 0.1) is 0 Å². The van der Waals surface area contributed by atoms with Crippen LogP contribution in [0.5, 0.6) is 0 Å². The highest BCUT2D eigenvalue weighted by molar-refractivity contribution is 6.30. The lowest BCUT2D eigenvalue weighted by Gasteiger charge is -2.05. The Bertz CT molecular complexity index is 744. The average molecular weight is 283 g/mol. The van der Waals surface area contributed by atoms with Crippen LogP contribution < -0.4 is 5.73 Å². The normalized spacial score (nSPS) is 10.4. The summed E-state index contributed by atoms with van der Waals surface area (Å²) in [5.74, 6) is 1.25. The molecule has 20 heavy (non-hydrogen) atoms. The van der Waals surface area contributed by atoms with Crippen LogP contribution in [-0.4, -0.2) is 15.0 Å². The number of nitrogens with zero attached hydrogens (tertiary/aromatic N) is 3. The second-order valence-corrected chi connectivity index (χ2v) is 4.65. The molecular weight excluding hydrogens is 272 g/mol. The summed E-state index contributed by atoms with van der Waals surface area (Å²) in [5, 5.41) is 0.628. The molecular formula is C15H11ClN4. The standard InChI is InChI=1S/C15H11ClN4/c16-12-8-4-7-11(9-12)14-18-13(19-15(17)20-14)10-5-2-1-3-6-10/h1-9H,(H2,17,18,19,20). The number of nitrogens with two attached hydrogens (primary N) is 1. The number of rotatable bonds is 2. The second kappa shape index (κ2) is 5.27. The molecule has 0 saturated heterocycles. The number of nitrogen functional groups attached to an aromatic ring is 1. The summed E-state index contributed by atoms with van der Waals surface area (Å²) >= 11 is 5.99. The third-order valence-electron chi connectivity index (χ3n) is 2.77. The first-order valence-corrected chi connectivity index (χ1v) is 6.43. The lowest BCUT2D eigenvalue weighted by atomic mass is 10.2. The van der Waals surface area contributed by atoms with Crippen LogP contribution in [0.25, 0.3) is 22.8 Å². The topological polar surface area (TPSA) is 64.7 Å². The van der Waals surface area contributed by atoms with Crippen LogP contribution in [0.3, 0.4) is 0 Å². The maximum Gasteiger partial charge on any atom is 0.224 e. The number of hydrogen-bond acceptors (Lipinski definition) is 4. The van der Waals surface area contributed by atoms with Crippen LogP contribution >= 0.6 is 11.6 Å². The second-order valence-electron chi connectivity index (χ2n) is 4.22. The lowest BCUT2D eigenvalue weighted by molar-refractivity contribution is 1.08. The summed E-state index contributed by atoms with van der Waals surface area (Å²) in [5.41, 5.74) is 7.48. The summed E-state index contributed by atoms with van der Waals surface area (Å²) in [6.45, 7) is 0. The highest BCUT2D eigenvalue weighted by atomic mass is 35.5. The van der Waals surface area contributed by atoms with E-state index in [1.807, 2.05) is 42.5 Å². The maximum absolute atomic E-state index is 5.99. The number of hydrogen-bond donors (Lipinski definition) is 1. The van der Waals surface area contributed by atoms with Crippen molar-refractivity contribution in [3.8, 4) is 22.8 Å². The fourth-order valence-corrected chi connectivity index (χ4v) is 2.06. The van der Waals surface area contributed by atoms with Gasteiger partial charge in [0.05, 0.1) is 0 Å². The minimum Gasteiger partial charge on any atom is -0.368 e. The first-order valence-electron chi connectivity index (χ1n) is 6.05. The van der Waals surface area contributed by atoms with Crippen molar-refractivity contribution in [3.63, 3.8) is 0 Å². The van der Waals surface area contributed by atoms with Gasteiger partial charge >= 0.3 is 0 Å². The van der Waals surface area contributed by atoms with E-state index in [1.165, 1.54) is 0 Å². The number of halogens is 1. The zero-order valence-corrected chi connectivity index (χ0v) is 11.2. The molecule has 1 aromatic heterocycles. The molecule has 3 aromatic rings. The van der Waals surface area contributed by atoms with Crippen molar-refractivity contribution >= 4 is 17.5 Å². The number of benzene rings is 2. The molecule has 0 aliphatic heterocycles. The van der Waals surface area contributed by atoms with Gasteiger partial charge in [0.2, 0.25) is 5.95 Å². The van der Waals surface area contributed by atoms with Gasteiger partial charge in [-0.25, -0.2) is 4.98 Å². The number of anilines is 1. The Morgan fingerprint density at radius 1 is 0.750 bits per heavy atom. The van der Waals surface area contributed by atoms with Gasteiger partial charge in [-0.2, -0.15) is 9.97 Å². The molecule has 1 heterocycles. The van der Waals surface area contributed by atoms with Gasteiger partial charge in [0.1, 0.15) is 0 Å². The third-order valence-corrected chi connectivity index (χ3v) is 3.00. The van der Waals surface area contributed by atoms with Gasteiger partial charge in [-0.15, -0.1) is 0 Å². The Morgan fingerprint density at radius 2 is 1.40 bits per heavy atom. The summed E-state index contributed by atoms with van der Waals surface area (Å²) in [6.07, 6.45) is 0. The Kier molecular flexibility index (Phi) is 3.31. The largest absolute Gasteiger partial charge is 0.368 e. The molecule has 2 aromatic carbocycles. The molecule has 0 amide bonds. The summed E-state index contributed by atoms with van der Waals surface area (Å²) < 4.78 is 0. The molecule has 98 valence electrons. The van der Waals surface area contributed by atoms with E-state index in [2.05, 4.69) is 15.0 Å². The van der Waals surface area contributed by atoms with E-state index in [1.54, 1.807) is 12.1 Å². The Labute approximate surface area is 121 Å². The zero-order chi connectivity index (χ0) is 13.9. The maximum atomic E-state index is 5.99. The van der Waals surface area contributed by atoms with Gasteiger partial charge < -0.3 is 5.73 Å². The Balaban J connectivity index is 2.12. The smallest absolute Gasteiger partial charge is 0.224 e. The highest BCUT2D eigenvalue weighted by Crippen LogP contribution is 2.22. The molecule has 4 nitrogen and oxygen atoms in total. The van der Waals surface area contributed by atoms with Crippen molar-refractivity contribution in [1.29, 1.82) is 0 Å². The molecule has 0 unspecified atom stereocenters. The Hall–Kier alpha value is -2.46. The molecule has 0 saturated carbocycles. The fraction of sp³-hybridized carbons (Fsp3) is 0. The molecule has 3 rings (SSSR count). The average Bonchev–Trinajstić information content (AvgIpc) is 2.47. The zero-order valence-electron chi connectivity index (χ0n) is 10.5. The quantitative estimate of drug-likeness (QED) is 0.782. The molecule has 5 heteroatoms. The first kappa shape index (κ1) is 12.6. The van der Waals surface area contributed by atoms with E-state index in [9.17, 15) is 0 Å². The van der Waals surface area contributed by atoms with Gasteiger partial charge in [0.15, 0.2) is 11.6 Å². The van der Waals surface area contributed by atoms with Crippen molar-refractivity contribution in [2.24, 2.45) is 0 Å². The van der Waals surface area contributed by atoms with Crippen LogP contribution in [0.15, 0.2) is 54.6 Å². The molecule has 0 aliphatic carbocycles. The minimum absolute atomic E-state index is 0.189. The first-order chi connectivity index (χ1) is 9.72. The van der Waals surface area contributed by atoms with Crippen LogP contribution in [-0.2, 0) is 0 Å². The predicted octanol–water partition coefficient (Wildman–Crippen LogP) is 3.44. The van der Waals surface area contributed by atoms with Crippen molar-refractivity contribution in [3.05, 3.63) is 59.6 Å². The van der Waals surface area contributed by atoms with Crippen molar-refractivity contribution < 1.29 is 0 Å². The van der Waals surface area contributed by atoms with E-state index >= 15 is 0 Å². The SMILES string of the molecule is Nc1nc(-c2ccccc2)nc(-c2cccc(Cl)c2)n1. The van der Waals surface area contributed by atoms with Crippen molar-refractivity contribution in [1.82, 2.24) is 15.0 Å². The van der Waals surface area contributed by atoms with Crippen molar-refractivity contribution in [2.45, 2.75) is 0 Å². The predicted molar refractivity (Wildman–Crippen MR) is 80.1 cm³/mol. The van der Waals surface area contributed by atoms with Gasteiger partial charge in [-0.3, -0.25) is 0 Å². The molecule has 0 spiro atoms. The fourth-order valence-electron chi connectivity index (χ4n) is 1.87. The van der Waals surface area contributed by atoms with E-state index < -0.39 is 0 Å². The van der Waals surface area contributed by atoms with Crippen molar-refractivity contribution in [2.75, 3.05) is 5.73 Å². The van der Waals surface area contributed by atoms with E-state index in [-0.39, 0.29) is 5.95 Å². The van der Waals surface area contributed by atoms with E-state index in [0.717, 1.165) is 11.1 Å². The lowest BCUT2D eigenvalue weighted by Crippen LogP contribution is -2.02. The summed E-state index contributed by atoms with van der Waals surface area (Å²) in [4.78, 5) is 12.8. The summed E-state index contributed by atoms with van der Waals surface area (Å²) in [7, 11) is 0.